The van der Waals surface area contributed by atoms with Crippen LogP contribution in [0.3, 0.4) is 0 Å². The van der Waals surface area contributed by atoms with Crippen molar-refractivity contribution in [3.05, 3.63) is 66.2 Å². The molecule has 1 amide bonds. The van der Waals surface area contributed by atoms with E-state index in [-0.39, 0.29) is 5.91 Å². The standard InChI is InChI=1S/C19H21NO2/c1-15(22-18-10-6-3-7-11-18)19(21)20-13-12-17(14-20)16-8-4-2-5-9-16/h2-11,15,17H,12-14H2,1H3/t15-,17-/m1/s1. The molecule has 1 saturated heterocycles. The van der Waals surface area contributed by atoms with Gasteiger partial charge in [-0.3, -0.25) is 4.79 Å². The van der Waals surface area contributed by atoms with Gasteiger partial charge in [-0.1, -0.05) is 48.5 Å². The molecule has 1 fully saturated rings. The lowest BCUT2D eigenvalue weighted by atomic mass is 9.99. The van der Waals surface area contributed by atoms with Crippen molar-refractivity contribution in [1.29, 1.82) is 0 Å². The highest BCUT2D eigenvalue weighted by Gasteiger charge is 2.30. The van der Waals surface area contributed by atoms with Gasteiger partial charge in [0, 0.05) is 19.0 Å². The van der Waals surface area contributed by atoms with Crippen molar-refractivity contribution < 1.29 is 9.53 Å². The normalized spacial score (nSPS) is 19.0. The molecule has 0 aliphatic carbocycles. The molecule has 22 heavy (non-hydrogen) atoms. The van der Waals surface area contributed by atoms with Crippen molar-refractivity contribution >= 4 is 5.91 Å². The van der Waals surface area contributed by atoms with Gasteiger partial charge >= 0.3 is 0 Å². The number of amides is 1. The summed E-state index contributed by atoms with van der Waals surface area (Å²) in [7, 11) is 0. The van der Waals surface area contributed by atoms with Crippen LogP contribution in [0, 0.1) is 0 Å². The molecule has 0 radical (unpaired) electrons. The number of carbonyl (C=O) groups is 1. The van der Waals surface area contributed by atoms with E-state index < -0.39 is 6.10 Å². The Hall–Kier alpha value is -2.29. The van der Waals surface area contributed by atoms with Crippen molar-refractivity contribution in [2.24, 2.45) is 0 Å². The Morgan fingerprint density at radius 2 is 1.73 bits per heavy atom. The maximum absolute atomic E-state index is 12.5. The largest absolute Gasteiger partial charge is 0.481 e. The third-order valence-corrected chi connectivity index (χ3v) is 4.17. The van der Waals surface area contributed by atoms with Gasteiger partial charge < -0.3 is 9.64 Å². The van der Waals surface area contributed by atoms with Crippen LogP contribution in [0.5, 0.6) is 5.75 Å². The molecule has 0 aromatic heterocycles. The Labute approximate surface area is 131 Å². The molecule has 0 bridgehead atoms. The summed E-state index contributed by atoms with van der Waals surface area (Å²) in [6.45, 7) is 3.41. The number of likely N-dealkylation sites (tertiary alicyclic amines) is 1. The van der Waals surface area contributed by atoms with E-state index >= 15 is 0 Å². The fourth-order valence-corrected chi connectivity index (χ4v) is 2.97. The summed E-state index contributed by atoms with van der Waals surface area (Å²) in [6, 6.07) is 19.9. The van der Waals surface area contributed by atoms with Gasteiger partial charge in [-0.25, -0.2) is 0 Å². The molecule has 3 heteroatoms. The number of carbonyl (C=O) groups excluding carboxylic acids is 1. The van der Waals surface area contributed by atoms with Gasteiger partial charge in [0.2, 0.25) is 0 Å². The van der Waals surface area contributed by atoms with Crippen molar-refractivity contribution in [2.45, 2.75) is 25.4 Å². The zero-order valence-electron chi connectivity index (χ0n) is 12.8. The predicted molar refractivity (Wildman–Crippen MR) is 86.9 cm³/mol. The summed E-state index contributed by atoms with van der Waals surface area (Å²) in [5, 5.41) is 0. The van der Waals surface area contributed by atoms with Crippen molar-refractivity contribution in [3.8, 4) is 5.75 Å². The SMILES string of the molecule is C[C@@H](Oc1ccccc1)C(=O)N1CC[C@@H](c2ccccc2)C1. The number of benzene rings is 2. The van der Waals surface area contributed by atoms with E-state index in [1.807, 2.05) is 48.2 Å². The highest BCUT2D eigenvalue weighted by molar-refractivity contribution is 5.81. The first-order valence-corrected chi connectivity index (χ1v) is 7.79. The average molecular weight is 295 g/mol. The quantitative estimate of drug-likeness (QED) is 0.864. The van der Waals surface area contributed by atoms with Crippen molar-refractivity contribution in [3.63, 3.8) is 0 Å². The molecule has 1 heterocycles. The molecule has 3 nitrogen and oxygen atoms in total. The van der Waals surface area contributed by atoms with Crippen LogP contribution in [0.1, 0.15) is 24.8 Å². The van der Waals surface area contributed by atoms with E-state index in [1.54, 1.807) is 0 Å². The summed E-state index contributed by atoms with van der Waals surface area (Å²) in [5.74, 6) is 1.25. The number of hydrogen-bond acceptors (Lipinski definition) is 2. The zero-order chi connectivity index (χ0) is 15.4. The molecule has 1 aliphatic rings. The highest BCUT2D eigenvalue weighted by Crippen LogP contribution is 2.27. The second-order valence-corrected chi connectivity index (χ2v) is 5.75. The Balaban J connectivity index is 1.59. The third kappa shape index (κ3) is 3.30. The lowest BCUT2D eigenvalue weighted by Gasteiger charge is -2.22. The van der Waals surface area contributed by atoms with Gasteiger partial charge in [0.1, 0.15) is 5.75 Å². The average Bonchev–Trinajstić information content (AvgIpc) is 3.06. The van der Waals surface area contributed by atoms with E-state index in [9.17, 15) is 4.79 Å². The Morgan fingerprint density at radius 3 is 2.41 bits per heavy atom. The van der Waals surface area contributed by atoms with E-state index in [0.29, 0.717) is 5.92 Å². The topological polar surface area (TPSA) is 29.5 Å². The molecule has 0 N–H and O–H groups in total. The van der Waals surface area contributed by atoms with Crippen LogP contribution in [0.15, 0.2) is 60.7 Å². The summed E-state index contributed by atoms with van der Waals surface area (Å²) in [5.41, 5.74) is 1.31. The zero-order valence-corrected chi connectivity index (χ0v) is 12.8. The lowest BCUT2D eigenvalue weighted by Crippen LogP contribution is -2.39. The van der Waals surface area contributed by atoms with Crippen LogP contribution in [0.4, 0.5) is 0 Å². The van der Waals surface area contributed by atoms with E-state index in [2.05, 4.69) is 24.3 Å². The fourth-order valence-electron chi connectivity index (χ4n) is 2.97. The highest BCUT2D eigenvalue weighted by atomic mass is 16.5. The summed E-state index contributed by atoms with van der Waals surface area (Å²) in [6.07, 6.45) is 0.574. The lowest BCUT2D eigenvalue weighted by molar-refractivity contribution is -0.136. The van der Waals surface area contributed by atoms with Crippen LogP contribution in [0.25, 0.3) is 0 Å². The molecule has 1 aliphatic heterocycles. The smallest absolute Gasteiger partial charge is 0.263 e. The second-order valence-electron chi connectivity index (χ2n) is 5.75. The number of para-hydroxylation sites is 1. The first-order chi connectivity index (χ1) is 10.7. The molecule has 3 rings (SSSR count). The van der Waals surface area contributed by atoms with E-state index in [4.69, 9.17) is 4.74 Å². The molecule has 0 unspecified atom stereocenters. The summed E-state index contributed by atoms with van der Waals surface area (Å²) < 4.78 is 5.74. The number of nitrogens with zero attached hydrogens (tertiary/aromatic N) is 1. The van der Waals surface area contributed by atoms with Gasteiger partial charge in [0.25, 0.3) is 5.91 Å². The van der Waals surface area contributed by atoms with Gasteiger partial charge in [-0.15, -0.1) is 0 Å². The maximum atomic E-state index is 12.5. The maximum Gasteiger partial charge on any atom is 0.263 e. The van der Waals surface area contributed by atoms with Crippen LogP contribution in [-0.4, -0.2) is 30.0 Å². The van der Waals surface area contributed by atoms with Crippen LogP contribution in [-0.2, 0) is 4.79 Å². The van der Waals surface area contributed by atoms with Gasteiger partial charge in [-0.2, -0.15) is 0 Å². The minimum Gasteiger partial charge on any atom is -0.481 e. The number of rotatable bonds is 4. The monoisotopic (exact) mass is 295 g/mol. The van der Waals surface area contributed by atoms with Crippen LogP contribution >= 0.6 is 0 Å². The van der Waals surface area contributed by atoms with Gasteiger partial charge in [-0.05, 0) is 31.0 Å². The Morgan fingerprint density at radius 1 is 1.09 bits per heavy atom. The summed E-state index contributed by atoms with van der Waals surface area (Å²) >= 11 is 0. The first kappa shape index (κ1) is 14.6. The third-order valence-electron chi connectivity index (χ3n) is 4.17. The molecule has 0 saturated carbocycles. The molecule has 2 aromatic carbocycles. The second kappa shape index (κ2) is 6.65. The molecular formula is C19H21NO2. The van der Waals surface area contributed by atoms with Gasteiger partial charge in [0.15, 0.2) is 6.10 Å². The molecule has 2 aromatic rings. The Bertz CT molecular complexity index is 612. The molecule has 114 valence electrons. The Kier molecular flexibility index (Phi) is 4.42. The summed E-state index contributed by atoms with van der Waals surface area (Å²) in [4.78, 5) is 14.4. The van der Waals surface area contributed by atoms with Gasteiger partial charge in [0.05, 0.1) is 0 Å². The minimum absolute atomic E-state index is 0.0716. The van der Waals surface area contributed by atoms with Crippen LogP contribution < -0.4 is 4.74 Å². The van der Waals surface area contributed by atoms with E-state index in [0.717, 1.165) is 25.3 Å². The molecular weight excluding hydrogens is 274 g/mol. The van der Waals surface area contributed by atoms with Crippen molar-refractivity contribution in [2.75, 3.05) is 13.1 Å². The minimum atomic E-state index is -0.447. The predicted octanol–water partition coefficient (Wildman–Crippen LogP) is 3.47. The molecule has 2 atom stereocenters. The van der Waals surface area contributed by atoms with Crippen LogP contribution in [0.2, 0.25) is 0 Å². The first-order valence-electron chi connectivity index (χ1n) is 7.79. The number of ether oxygens (including phenoxy) is 1. The van der Waals surface area contributed by atoms with E-state index in [1.165, 1.54) is 5.56 Å². The molecule has 0 spiro atoms. The number of hydrogen-bond donors (Lipinski definition) is 0. The fraction of sp³-hybridized carbons (Fsp3) is 0.316. The van der Waals surface area contributed by atoms with Crippen molar-refractivity contribution in [1.82, 2.24) is 4.90 Å².